The van der Waals surface area contributed by atoms with Gasteiger partial charge in [-0.05, 0) is 121 Å². The molecule has 0 N–H and O–H groups in total. The summed E-state index contributed by atoms with van der Waals surface area (Å²) < 4.78 is 8.89. The molecule has 13 rings (SSSR count). The van der Waals surface area contributed by atoms with Gasteiger partial charge in [-0.3, -0.25) is 0 Å². The molecule has 3 heteroatoms. The second-order valence-electron chi connectivity index (χ2n) is 17.2. The summed E-state index contributed by atoms with van der Waals surface area (Å²) in [5.74, 6) is 0. The van der Waals surface area contributed by atoms with E-state index in [4.69, 9.17) is 4.42 Å². The zero-order chi connectivity index (χ0) is 44.3. The van der Waals surface area contributed by atoms with E-state index in [-0.39, 0.29) is 0 Å². The molecule has 0 aliphatic carbocycles. The summed E-state index contributed by atoms with van der Waals surface area (Å²) in [6, 6.07) is 90.1. The Balaban J connectivity index is 0.954. The van der Waals surface area contributed by atoms with Crippen LogP contribution in [0.4, 0.5) is 17.1 Å². The molecule has 0 fully saturated rings. The van der Waals surface area contributed by atoms with Crippen molar-refractivity contribution in [3.05, 3.63) is 249 Å². The predicted molar refractivity (Wildman–Crippen MR) is 286 cm³/mol. The van der Waals surface area contributed by atoms with Gasteiger partial charge < -0.3 is 9.32 Å². The van der Waals surface area contributed by atoms with Gasteiger partial charge in [0, 0.05) is 42.3 Å². The Bertz CT molecular complexity index is 3970. The average Bonchev–Trinajstić information content (AvgIpc) is 3.99. The molecule has 0 atom stereocenters. The maximum Gasteiger partial charge on any atom is 0.136 e. The number of hydrogen-bond acceptors (Lipinski definition) is 3. The normalized spacial score (nSPS) is 11.6. The predicted octanol–water partition coefficient (Wildman–Crippen LogP) is 18.9. The Kier molecular flexibility index (Phi) is 9.40. The van der Waals surface area contributed by atoms with E-state index in [0.717, 1.165) is 50.1 Å². The molecule has 2 heterocycles. The van der Waals surface area contributed by atoms with Crippen LogP contribution < -0.4 is 4.90 Å². The lowest BCUT2D eigenvalue weighted by atomic mass is 9.92. The van der Waals surface area contributed by atoms with Gasteiger partial charge in [-0.25, -0.2) is 0 Å². The molecule has 2 nitrogen and oxygen atoms in total. The zero-order valence-corrected chi connectivity index (χ0v) is 37.3. The number of anilines is 3. The molecule has 0 saturated carbocycles. The first-order valence-electron chi connectivity index (χ1n) is 22.8. The second-order valence-corrected chi connectivity index (χ2v) is 18.2. The van der Waals surface area contributed by atoms with Crippen LogP contribution in [0.25, 0.3) is 109 Å². The minimum Gasteiger partial charge on any atom is -0.456 e. The molecule has 0 aliphatic rings. The molecule has 0 spiro atoms. The van der Waals surface area contributed by atoms with Crippen LogP contribution >= 0.6 is 11.3 Å². The van der Waals surface area contributed by atoms with E-state index in [0.29, 0.717) is 0 Å². The molecular weight excluding hydrogens is 831 g/mol. The monoisotopic (exact) mass is 871 g/mol. The Hall–Kier alpha value is -8.50. The van der Waals surface area contributed by atoms with Gasteiger partial charge in [-0.2, -0.15) is 0 Å². The van der Waals surface area contributed by atoms with Crippen LogP contribution in [0.3, 0.4) is 0 Å². The molecule has 0 bridgehead atoms. The van der Waals surface area contributed by atoms with Gasteiger partial charge in [0.25, 0.3) is 0 Å². The lowest BCUT2D eigenvalue weighted by Gasteiger charge is -2.27. The van der Waals surface area contributed by atoms with Gasteiger partial charge in [0.05, 0.1) is 5.69 Å². The summed E-state index contributed by atoms with van der Waals surface area (Å²) in [7, 11) is 0. The first-order valence-corrected chi connectivity index (χ1v) is 23.6. The summed E-state index contributed by atoms with van der Waals surface area (Å²) in [5, 5.41) is 7.29. The minimum absolute atomic E-state index is 0.897. The van der Waals surface area contributed by atoms with Crippen molar-refractivity contribution in [3.8, 4) is 55.6 Å². The molecule has 314 valence electrons. The third kappa shape index (κ3) is 6.71. The van der Waals surface area contributed by atoms with Crippen LogP contribution in [0.2, 0.25) is 0 Å². The number of fused-ring (bicyclic) bond motifs is 7. The van der Waals surface area contributed by atoms with Gasteiger partial charge in [0.15, 0.2) is 0 Å². The lowest BCUT2D eigenvalue weighted by molar-refractivity contribution is 0.669. The summed E-state index contributed by atoms with van der Waals surface area (Å²) in [6.45, 7) is 0. The topological polar surface area (TPSA) is 16.4 Å². The maximum atomic E-state index is 6.34. The summed E-state index contributed by atoms with van der Waals surface area (Å²) in [5.41, 5.74) is 17.0. The molecular formula is C64H41NOS. The highest BCUT2D eigenvalue weighted by Crippen LogP contribution is 2.49. The highest BCUT2D eigenvalue weighted by molar-refractivity contribution is 7.26. The average molecular weight is 872 g/mol. The third-order valence-electron chi connectivity index (χ3n) is 13.3. The quantitative estimate of drug-likeness (QED) is 0.151. The molecule has 0 unspecified atom stereocenters. The van der Waals surface area contributed by atoms with Crippen molar-refractivity contribution in [3.63, 3.8) is 0 Å². The number of furan rings is 1. The Morgan fingerprint density at radius 1 is 0.313 bits per heavy atom. The molecule has 0 saturated heterocycles. The molecule has 13 aromatic rings. The van der Waals surface area contributed by atoms with E-state index in [1.807, 2.05) is 17.4 Å². The number of hydrogen-bond donors (Lipinski definition) is 0. The Morgan fingerprint density at radius 3 is 1.72 bits per heavy atom. The van der Waals surface area contributed by atoms with Crippen molar-refractivity contribution in [2.24, 2.45) is 0 Å². The van der Waals surface area contributed by atoms with E-state index in [9.17, 15) is 0 Å². The van der Waals surface area contributed by atoms with Crippen molar-refractivity contribution in [1.82, 2.24) is 0 Å². The summed E-state index contributed by atoms with van der Waals surface area (Å²) in [6.07, 6.45) is 0. The first-order chi connectivity index (χ1) is 33.2. The van der Waals surface area contributed by atoms with E-state index < -0.39 is 0 Å². The van der Waals surface area contributed by atoms with Crippen molar-refractivity contribution >= 4 is 81.3 Å². The molecule has 0 aliphatic heterocycles. The van der Waals surface area contributed by atoms with E-state index in [2.05, 4.69) is 248 Å². The summed E-state index contributed by atoms with van der Waals surface area (Å²) >= 11 is 1.87. The lowest BCUT2D eigenvalue weighted by Crippen LogP contribution is -2.10. The second kappa shape index (κ2) is 16.2. The minimum atomic E-state index is 0.897. The fourth-order valence-corrected chi connectivity index (χ4v) is 11.4. The van der Waals surface area contributed by atoms with Crippen molar-refractivity contribution < 1.29 is 4.42 Å². The van der Waals surface area contributed by atoms with E-state index in [1.54, 1.807) is 0 Å². The fraction of sp³-hybridized carbons (Fsp3) is 0. The fourth-order valence-electron chi connectivity index (χ4n) is 10.2. The maximum absolute atomic E-state index is 6.34. The van der Waals surface area contributed by atoms with Crippen molar-refractivity contribution in [2.45, 2.75) is 0 Å². The molecule has 2 aromatic heterocycles. The van der Waals surface area contributed by atoms with Gasteiger partial charge in [-0.15, -0.1) is 11.3 Å². The number of para-hydroxylation sites is 1. The van der Waals surface area contributed by atoms with Crippen LogP contribution in [0.1, 0.15) is 0 Å². The number of rotatable bonds is 8. The highest BCUT2D eigenvalue weighted by Gasteiger charge is 2.22. The zero-order valence-electron chi connectivity index (χ0n) is 36.4. The van der Waals surface area contributed by atoms with Gasteiger partial charge in [0.2, 0.25) is 0 Å². The highest BCUT2D eigenvalue weighted by atomic mass is 32.1. The molecule has 67 heavy (non-hydrogen) atoms. The Labute approximate surface area is 392 Å². The number of benzene rings is 11. The molecule has 0 radical (unpaired) electrons. The van der Waals surface area contributed by atoms with Gasteiger partial charge in [-0.1, -0.05) is 194 Å². The smallest absolute Gasteiger partial charge is 0.136 e. The number of thiophene rings is 1. The van der Waals surface area contributed by atoms with Crippen LogP contribution in [-0.4, -0.2) is 0 Å². The van der Waals surface area contributed by atoms with E-state index >= 15 is 0 Å². The molecule has 11 aromatic carbocycles. The standard InChI is InChI=1S/C64H41NOS/c1-2-15-44(16-3-1)53-39-40-58(63-57-25-9-11-30-61(57)67-64(53)63)65(48-35-31-42(32-36-48)46-19-12-20-47(41-46)52-26-13-18-43-17-4-5-21-50(43)52)49-37-33-45(34-38-49)51-22-6-7-23-54(51)55-27-14-29-60-62(55)56-24-8-10-28-59(56)66-60/h1-41H. The third-order valence-corrected chi connectivity index (χ3v) is 14.5. The van der Waals surface area contributed by atoms with Gasteiger partial charge >= 0.3 is 0 Å². The van der Waals surface area contributed by atoms with Crippen LogP contribution in [0.5, 0.6) is 0 Å². The van der Waals surface area contributed by atoms with Crippen LogP contribution in [0, 0.1) is 0 Å². The molecule has 0 amide bonds. The van der Waals surface area contributed by atoms with Gasteiger partial charge in [0.1, 0.15) is 11.2 Å². The van der Waals surface area contributed by atoms with Crippen molar-refractivity contribution in [1.29, 1.82) is 0 Å². The van der Waals surface area contributed by atoms with Crippen LogP contribution in [-0.2, 0) is 0 Å². The largest absolute Gasteiger partial charge is 0.456 e. The Morgan fingerprint density at radius 2 is 0.881 bits per heavy atom. The summed E-state index contributed by atoms with van der Waals surface area (Å²) in [4.78, 5) is 2.45. The van der Waals surface area contributed by atoms with E-state index in [1.165, 1.54) is 75.5 Å². The van der Waals surface area contributed by atoms with Crippen molar-refractivity contribution in [2.75, 3.05) is 4.90 Å². The van der Waals surface area contributed by atoms with Crippen LogP contribution in [0.15, 0.2) is 253 Å². The first kappa shape index (κ1) is 38.9. The SMILES string of the molecule is c1ccc(-c2ccc(N(c3ccc(-c4cccc(-c5cccc6ccccc56)c4)cc3)c3ccc(-c4ccccc4-c4cccc5oc6ccccc6c45)cc3)c3c2sc2ccccc23)cc1. The number of nitrogens with zero attached hydrogens (tertiary/aromatic N) is 1.